The van der Waals surface area contributed by atoms with E-state index in [1.807, 2.05) is 22.2 Å². The zero-order chi connectivity index (χ0) is 40.0. The molecule has 15 heteroatoms. The highest BCUT2D eigenvalue weighted by Gasteiger charge is 2.41. The van der Waals surface area contributed by atoms with Crippen molar-refractivity contribution < 1.29 is 33.4 Å². The van der Waals surface area contributed by atoms with Crippen LogP contribution in [0.4, 0.5) is 4.79 Å². The standard InChI is InChI=1S/C43H52N8O7/c1-56-43(55)49-38(32-7-5-21-58-25-32)42(54)51-19-3-9-36(51)40-45-23-34(48-40)30-16-12-28(13-17-30)27-10-14-29(15-11-27)33-22-44-39(47-33)35-8-2-18-50(35)41(53)37(46-26-52)31-6-4-20-57-24-31/h10-17,22-23,26,31-32,35-38H,2-9,18-21,24-25H2,1H3,(H,44,47)(H,45,48)(H,46,52)(H,49,55). The lowest BCUT2D eigenvalue weighted by atomic mass is 9.92. The van der Waals surface area contributed by atoms with Gasteiger partial charge in [0.25, 0.3) is 0 Å². The Hall–Kier alpha value is -5.54. The summed E-state index contributed by atoms with van der Waals surface area (Å²) in [6.07, 6.45) is 10.2. The molecule has 4 aliphatic rings. The molecule has 6 heterocycles. The van der Waals surface area contributed by atoms with Gasteiger partial charge in [0.05, 0.1) is 56.2 Å². The first-order chi connectivity index (χ1) is 28.4. The Morgan fingerprint density at radius 2 is 1.17 bits per heavy atom. The van der Waals surface area contributed by atoms with Crippen molar-refractivity contribution in [3.05, 3.63) is 72.6 Å². The molecule has 4 aromatic rings. The summed E-state index contributed by atoms with van der Waals surface area (Å²) < 4.78 is 16.1. The van der Waals surface area contributed by atoms with Gasteiger partial charge in [0.15, 0.2) is 0 Å². The van der Waals surface area contributed by atoms with E-state index in [1.54, 1.807) is 0 Å². The summed E-state index contributed by atoms with van der Waals surface area (Å²) in [6, 6.07) is 14.8. The predicted molar refractivity (Wildman–Crippen MR) is 214 cm³/mol. The van der Waals surface area contributed by atoms with E-state index in [-0.39, 0.29) is 35.7 Å². The van der Waals surface area contributed by atoms with Crippen LogP contribution in [-0.2, 0) is 28.6 Å². The van der Waals surface area contributed by atoms with Gasteiger partial charge in [-0.1, -0.05) is 48.5 Å². The largest absolute Gasteiger partial charge is 0.453 e. The first kappa shape index (κ1) is 39.3. The molecule has 4 saturated heterocycles. The van der Waals surface area contributed by atoms with Gasteiger partial charge in [-0.25, -0.2) is 14.8 Å². The quantitative estimate of drug-likeness (QED) is 0.141. The van der Waals surface area contributed by atoms with E-state index < -0.39 is 18.2 Å². The van der Waals surface area contributed by atoms with Crippen LogP contribution in [0.2, 0.25) is 0 Å². The third-order valence-electron chi connectivity index (χ3n) is 12.2. The Bertz CT molecular complexity index is 2040. The Labute approximate surface area is 337 Å². The van der Waals surface area contributed by atoms with E-state index in [0.29, 0.717) is 45.9 Å². The van der Waals surface area contributed by atoms with Crippen LogP contribution in [0.1, 0.15) is 75.1 Å². The van der Waals surface area contributed by atoms with E-state index in [4.69, 9.17) is 24.2 Å². The number of amides is 4. The summed E-state index contributed by atoms with van der Waals surface area (Å²) in [6.45, 7) is 3.43. The normalized spacial score (nSPS) is 23.3. The maximum atomic E-state index is 13.9. The number of H-pyrrole nitrogens is 2. The van der Waals surface area contributed by atoms with Gasteiger partial charge < -0.3 is 44.6 Å². The molecule has 4 aliphatic heterocycles. The average Bonchev–Trinajstić information content (AvgIpc) is 4.12. The summed E-state index contributed by atoms with van der Waals surface area (Å²) in [5, 5.41) is 5.57. The van der Waals surface area contributed by atoms with E-state index in [1.165, 1.54) is 7.11 Å². The highest BCUT2D eigenvalue weighted by Crippen LogP contribution is 2.36. The van der Waals surface area contributed by atoms with Crippen LogP contribution in [0.3, 0.4) is 0 Å². The summed E-state index contributed by atoms with van der Waals surface area (Å²) >= 11 is 0. The average molecular weight is 793 g/mol. The smallest absolute Gasteiger partial charge is 0.407 e. The molecule has 2 aromatic heterocycles. The topological polar surface area (TPSA) is 184 Å². The highest BCUT2D eigenvalue weighted by molar-refractivity contribution is 5.87. The Morgan fingerprint density at radius 3 is 1.62 bits per heavy atom. The molecule has 0 spiro atoms. The molecule has 0 saturated carbocycles. The maximum absolute atomic E-state index is 13.9. The second-order valence-electron chi connectivity index (χ2n) is 15.7. The van der Waals surface area contributed by atoms with Gasteiger partial charge in [0, 0.05) is 38.1 Å². The first-order valence-corrected chi connectivity index (χ1v) is 20.5. The molecule has 15 nitrogen and oxygen atoms in total. The first-order valence-electron chi connectivity index (χ1n) is 20.5. The number of rotatable bonds is 12. The van der Waals surface area contributed by atoms with Gasteiger partial charge in [-0.3, -0.25) is 14.4 Å². The molecule has 0 bridgehead atoms. The lowest BCUT2D eigenvalue weighted by Gasteiger charge is -2.34. The van der Waals surface area contributed by atoms with Crippen molar-refractivity contribution in [2.45, 2.75) is 75.5 Å². The third-order valence-corrected chi connectivity index (χ3v) is 12.2. The summed E-state index contributed by atoms with van der Waals surface area (Å²) in [4.78, 5) is 71.4. The van der Waals surface area contributed by atoms with Crippen molar-refractivity contribution in [1.82, 2.24) is 40.4 Å². The van der Waals surface area contributed by atoms with Crippen LogP contribution in [0.25, 0.3) is 33.6 Å². The number of aromatic nitrogens is 4. The number of carbonyl (C=O) groups excluding carboxylic acids is 4. The van der Waals surface area contributed by atoms with Crippen LogP contribution in [0.5, 0.6) is 0 Å². The number of carbonyl (C=O) groups is 4. The molecule has 0 radical (unpaired) electrons. The van der Waals surface area contributed by atoms with Gasteiger partial charge in [-0.15, -0.1) is 0 Å². The van der Waals surface area contributed by atoms with Crippen LogP contribution in [0, 0.1) is 11.8 Å². The van der Waals surface area contributed by atoms with Crippen molar-refractivity contribution in [3.8, 4) is 33.6 Å². The number of hydrogen-bond donors (Lipinski definition) is 4. The van der Waals surface area contributed by atoms with Gasteiger partial charge in [-0.05, 0) is 73.6 Å². The SMILES string of the molecule is COC(=O)NC(C(=O)N1CCCC1c1ncc(-c2ccc(-c3ccc(-c4cnc(C5CCCN5C(=O)C(NC=O)C5CCCOC5)[nH]4)cc3)cc2)[nH]1)C1CCCOC1. The monoisotopic (exact) mass is 792 g/mol. The minimum atomic E-state index is -0.727. The van der Waals surface area contributed by atoms with Crippen molar-refractivity contribution in [3.63, 3.8) is 0 Å². The number of imidazole rings is 2. The van der Waals surface area contributed by atoms with Gasteiger partial charge in [0.1, 0.15) is 23.7 Å². The molecule has 4 fully saturated rings. The molecule has 2 aromatic carbocycles. The summed E-state index contributed by atoms with van der Waals surface area (Å²) in [5.74, 6) is 1.09. The number of benzene rings is 2. The second kappa shape index (κ2) is 17.9. The summed E-state index contributed by atoms with van der Waals surface area (Å²) in [5.41, 5.74) is 5.81. The second-order valence-corrected chi connectivity index (χ2v) is 15.7. The molecule has 8 rings (SSSR count). The molecular formula is C43H52N8O7. The van der Waals surface area contributed by atoms with Gasteiger partial charge >= 0.3 is 6.09 Å². The van der Waals surface area contributed by atoms with Crippen LogP contribution < -0.4 is 10.6 Å². The van der Waals surface area contributed by atoms with Crippen molar-refractivity contribution in [2.24, 2.45) is 11.8 Å². The van der Waals surface area contributed by atoms with Crippen molar-refractivity contribution in [2.75, 3.05) is 46.6 Å². The third kappa shape index (κ3) is 8.37. The molecular weight excluding hydrogens is 741 g/mol. The molecule has 306 valence electrons. The van der Waals surface area contributed by atoms with Gasteiger partial charge in [0.2, 0.25) is 18.2 Å². The number of ether oxygens (including phenoxy) is 3. The fraction of sp³-hybridized carbons (Fsp3) is 0.488. The van der Waals surface area contributed by atoms with Crippen LogP contribution in [-0.4, -0.2) is 113 Å². The van der Waals surface area contributed by atoms with E-state index in [2.05, 4.69) is 69.1 Å². The lowest BCUT2D eigenvalue weighted by molar-refractivity contribution is -0.139. The fourth-order valence-corrected chi connectivity index (χ4v) is 9.08. The minimum absolute atomic E-state index is 0.0415. The fourth-order valence-electron chi connectivity index (χ4n) is 9.08. The molecule has 4 amide bonds. The van der Waals surface area contributed by atoms with Crippen molar-refractivity contribution in [1.29, 1.82) is 0 Å². The number of alkyl carbamates (subject to hydrolysis) is 1. The molecule has 4 N–H and O–H groups in total. The Kier molecular flexibility index (Phi) is 12.2. The molecule has 0 aliphatic carbocycles. The van der Waals surface area contributed by atoms with Crippen LogP contribution in [0.15, 0.2) is 60.9 Å². The molecule has 58 heavy (non-hydrogen) atoms. The van der Waals surface area contributed by atoms with E-state index in [0.717, 1.165) is 96.7 Å². The van der Waals surface area contributed by atoms with Crippen molar-refractivity contribution >= 4 is 24.3 Å². The maximum Gasteiger partial charge on any atom is 0.407 e. The molecule has 6 atom stereocenters. The number of methoxy groups -OCH3 is 1. The summed E-state index contributed by atoms with van der Waals surface area (Å²) in [7, 11) is 1.30. The highest BCUT2D eigenvalue weighted by atomic mass is 16.5. The molecule has 6 unspecified atom stereocenters. The predicted octanol–water partition coefficient (Wildman–Crippen LogP) is 5.15. The number of nitrogens with one attached hydrogen (secondary N) is 4. The minimum Gasteiger partial charge on any atom is -0.453 e. The van der Waals surface area contributed by atoms with E-state index >= 15 is 0 Å². The Balaban J connectivity index is 0.912. The number of nitrogens with zero attached hydrogens (tertiary/aromatic N) is 4. The number of hydrogen-bond acceptors (Lipinski definition) is 9. The lowest BCUT2D eigenvalue weighted by Crippen LogP contribution is -2.53. The zero-order valence-corrected chi connectivity index (χ0v) is 32.9. The van der Waals surface area contributed by atoms with E-state index in [9.17, 15) is 19.2 Å². The number of likely N-dealkylation sites (tertiary alicyclic amines) is 2. The van der Waals surface area contributed by atoms with Crippen LogP contribution >= 0.6 is 0 Å². The van der Waals surface area contributed by atoms with Gasteiger partial charge in [-0.2, -0.15) is 0 Å². The Morgan fingerprint density at radius 1 is 0.707 bits per heavy atom. The zero-order valence-electron chi connectivity index (χ0n) is 32.9. The number of aromatic amines is 2.